The summed E-state index contributed by atoms with van der Waals surface area (Å²) in [6.07, 6.45) is 3.48. The topological polar surface area (TPSA) is 102 Å². The maximum Gasteiger partial charge on any atom is 0.156 e. The van der Waals surface area contributed by atoms with Crippen molar-refractivity contribution in [2.45, 2.75) is 12.3 Å². The molecule has 0 aliphatic heterocycles. The Balaban J connectivity index is 2.10. The molecule has 6 nitrogen and oxygen atoms in total. The van der Waals surface area contributed by atoms with Crippen LogP contribution in [-0.2, 0) is 0 Å². The van der Waals surface area contributed by atoms with E-state index in [0.29, 0.717) is 22.6 Å². The van der Waals surface area contributed by atoms with Crippen LogP contribution in [0.5, 0.6) is 0 Å². The Hall–Kier alpha value is -1.79. The van der Waals surface area contributed by atoms with Crippen molar-refractivity contribution in [3.63, 3.8) is 0 Å². The van der Waals surface area contributed by atoms with Gasteiger partial charge in [-0.2, -0.15) is 0 Å². The molecule has 0 aromatic carbocycles. The van der Waals surface area contributed by atoms with E-state index in [2.05, 4.69) is 15.0 Å². The molecule has 0 amide bonds. The number of aliphatic hydroxyl groups excluding tert-OH is 3. The average Bonchev–Trinajstić information content (AvgIpc) is 2.94. The van der Waals surface area contributed by atoms with Crippen LogP contribution in [0.25, 0.3) is 11.0 Å². The number of halogens is 1. The smallest absolute Gasteiger partial charge is 0.156 e. The lowest BCUT2D eigenvalue weighted by molar-refractivity contribution is 0.203. The molecule has 1 aliphatic rings. The second-order valence-electron chi connectivity index (χ2n) is 4.57. The predicted octanol–water partition coefficient (Wildman–Crippen LogP) is 2.03. The van der Waals surface area contributed by atoms with Crippen molar-refractivity contribution in [3.8, 4) is 0 Å². The first kappa shape index (κ1) is 12.3. The zero-order valence-electron chi connectivity index (χ0n) is 9.84. The number of aromatic amines is 1. The second kappa shape index (κ2) is 4.40. The molecule has 0 unspecified atom stereocenters. The van der Waals surface area contributed by atoms with Gasteiger partial charge in [0, 0.05) is 23.6 Å². The SMILES string of the molecule is OC[C@H]1C[C@@H](c2c[nH]c3c(Cl)ncnc23)C(O)=C1O. The number of allylic oxidation sites excluding steroid dienone is 1. The van der Waals surface area contributed by atoms with E-state index in [1.54, 1.807) is 6.20 Å². The minimum atomic E-state index is -0.438. The molecule has 0 fully saturated rings. The minimum absolute atomic E-state index is 0.116. The third-order valence-electron chi connectivity index (χ3n) is 3.54. The lowest BCUT2D eigenvalue weighted by Crippen LogP contribution is -2.05. The van der Waals surface area contributed by atoms with Gasteiger partial charge in [-0.05, 0) is 6.42 Å². The van der Waals surface area contributed by atoms with E-state index in [1.165, 1.54) is 6.33 Å². The maximum atomic E-state index is 9.99. The molecule has 0 spiro atoms. The molecule has 2 heterocycles. The maximum absolute atomic E-state index is 9.99. The summed E-state index contributed by atoms with van der Waals surface area (Å²) in [6.45, 7) is -0.204. The number of aromatic nitrogens is 3. The zero-order valence-corrected chi connectivity index (χ0v) is 10.6. The fourth-order valence-electron chi connectivity index (χ4n) is 2.53. The van der Waals surface area contributed by atoms with Crippen molar-refractivity contribution in [2.75, 3.05) is 6.61 Å². The molecule has 19 heavy (non-hydrogen) atoms. The number of hydrogen-bond donors (Lipinski definition) is 4. The number of aliphatic hydroxyl groups is 3. The third kappa shape index (κ3) is 1.75. The Morgan fingerprint density at radius 2 is 2.11 bits per heavy atom. The highest BCUT2D eigenvalue weighted by atomic mass is 35.5. The summed E-state index contributed by atoms with van der Waals surface area (Å²) in [5.41, 5.74) is 1.95. The highest BCUT2D eigenvalue weighted by Crippen LogP contribution is 2.42. The van der Waals surface area contributed by atoms with Crippen molar-refractivity contribution in [1.29, 1.82) is 0 Å². The van der Waals surface area contributed by atoms with Crippen LogP contribution in [0.2, 0.25) is 5.15 Å². The molecule has 0 radical (unpaired) electrons. The van der Waals surface area contributed by atoms with E-state index in [9.17, 15) is 10.2 Å². The largest absolute Gasteiger partial charge is 0.508 e. The van der Waals surface area contributed by atoms with Gasteiger partial charge in [-0.1, -0.05) is 11.6 Å². The van der Waals surface area contributed by atoms with Crippen LogP contribution in [0, 0.1) is 5.92 Å². The molecular formula is C12H12ClN3O3. The predicted molar refractivity (Wildman–Crippen MR) is 69.1 cm³/mol. The Morgan fingerprint density at radius 1 is 1.32 bits per heavy atom. The van der Waals surface area contributed by atoms with E-state index in [4.69, 9.17) is 16.7 Å². The van der Waals surface area contributed by atoms with Crippen LogP contribution in [0.3, 0.4) is 0 Å². The number of fused-ring (bicyclic) bond motifs is 1. The molecule has 4 N–H and O–H groups in total. The van der Waals surface area contributed by atoms with Gasteiger partial charge in [-0.3, -0.25) is 0 Å². The van der Waals surface area contributed by atoms with Crippen molar-refractivity contribution in [1.82, 2.24) is 15.0 Å². The highest BCUT2D eigenvalue weighted by Gasteiger charge is 2.36. The van der Waals surface area contributed by atoms with Crippen molar-refractivity contribution in [2.24, 2.45) is 5.92 Å². The standard InChI is InChI=1S/C12H12ClN3O3/c13-12-9-8(15-4-16-12)7(2-14-9)6-1-5(3-17)10(18)11(6)19/h2,4-6,14,17-19H,1,3H2/t5-,6+/m1/s1. The fraction of sp³-hybridized carbons (Fsp3) is 0.333. The normalized spacial score (nSPS) is 23.5. The van der Waals surface area contributed by atoms with Crippen LogP contribution < -0.4 is 0 Å². The van der Waals surface area contributed by atoms with Gasteiger partial charge in [-0.25, -0.2) is 9.97 Å². The van der Waals surface area contributed by atoms with Crippen LogP contribution in [0.1, 0.15) is 17.9 Å². The third-order valence-corrected chi connectivity index (χ3v) is 3.83. The van der Waals surface area contributed by atoms with E-state index in [-0.39, 0.29) is 18.1 Å². The van der Waals surface area contributed by atoms with E-state index in [1.807, 2.05) is 0 Å². The minimum Gasteiger partial charge on any atom is -0.508 e. The zero-order chi connectivity index (χ0) is 13.6. The monoisotopic (exact) mass is 281 g/mol. The molecule has 0 saturated heterocycles. The van der Waals surface area contributed by atoms with E-state index >= 15 is 0 Å². The first-order valence-electron chi connectivity index (χ1n) is 5.83. The summed E-state index contributed by atoms with van der Waals surface area (Å²) >= 11 is 5.95. The van der Waals surface area contributed by atoms with Gasteiger partial charge >= 0.3 is 0 Å². The Morgan fingerprint density at radius 3 is 2.79 bits per heavy atom. The molecular weight excluding hydrogens is 270 g/mol. The number of nitrogens with one attached hydrogen (secondary N) is 1. The van der Waals surface area contributed by atoms with Crippen LogP contribution in [0.4, 0.5) is 0 Å². The summed E-state index contributed by atoms with van der Waals surface area (Å²) in [5.74, 6) is -1.10. The van der Waals surface area contributed by atoms with Crippen LogP contribution in [-0.4, -0.2) is 36.9 Å². The molecule has 100 valence electrons. The summed E-state index contributed by atoms with van der Waals surface area (Å²) in [6, 6.07) is 0. The second-order valence-corrected chi connectivity index (χ2v) is 4.93. The van der Waals surface area contributed by atoms with Crippen LogP contribution in [0.15, 0.2) is 24.0 Å². The highest BCUT2D eigenvalue weighted by molar-refractivity contribution is 6.33. The van der Waals surface area contributed by atoms with Gasteiger partial charge < -0.3 is 20.3 Å². The summed E-state index contributed by atoms with van der Waals surface area (Å²) in [5, 5.41) is 29.2. The number of nitrogens with zero attached hydrogens (tertiary/aromatic N) is 2. The van der Waals surface area contributed by atoms with Crippen molar-refractivity contribution in [3.05, 3.63) is 34.8 Å². The average molecular weight is 282 g/mol. The number of H-pyrrole nitrogens is 1. The number of hydrogen-bond acceptors (Lipinski definition) is 5. The van der Waals surface area contributed by atoms with E-state index in [0.717, 1.165) is 5.56 Å². The molecule has 2 aromatic heterocycles. The lowest BCUT2D eigenvalue weighted by atomic mass is 9.96. The van der Waals surface area contributed by atoms with Gasteiger partial charge in [0.15, 0.2) is 5.15 Å². The Labute approximate surface area is 113 Å². The molecule has 0 bridgehead atoms. The summed E-state index contributed by atoms with van der Waals surface area (Å²) in [4.78, 5) is 11.0. The Bertz CT molecular complexity index is 667. The lowest BCUT2D eigenvalue weighted by Gasteiger charge is -2.09. The molecule has 2 aromatic rings. The first-order valence-corrected chi connectivity index (χ1v) is 6.21. The molecule has 0 saturated carbocycles. The van der Waals surface area contributed by atoms with Gasteiger partial charge in [0.1, 0.15) is 23.4 Å². The van der Waals surface area contributed by atoms with Crippen LogP contribution >= 0.6 is 11.6 Å². The Kier molecular flexibility index (Phi) is 2.83. The summed E-state index contributed by atoms with van der Waals surface area (Å²) < 4.78 is 0. The van der Waals surface area contributed by atoms with E-state index < -0.39 is 11.8 Å². The van der Waals surface area contributed by atoms with Crippen molar-refractivity contribution >= 4 is 22.6 Å². The summed E-state index contributed by atoms with van der Waals surface area (Å²) in [7, 11) is 0. The molecule has 1 aliphatic carbocycles. The molecule has 2 atom stereocenters. The van der Waals surface area contributed by atoms with Gasteiger partial charge in [0.2, 0.25) is 0 Å². The van der Waals surface area contributed by atoms with Gasteiger partial charge in [0.05, 0.1) is 12.1 Å². The quantitative estimate of drug-likeness (QED) is 0.631. The first-order chi connectivity index (χ1) is 9.13. The fourth-order valence-corrected chi connectivity index (χ4v) is 2.71. The van der Waals surface area contributed by atoms with Gasteiger partial charge in [0.25, 0.3) is 0 Å². The number of rotatable bonds is 2. The van der Waals surface area contributed by atoms with Gasteiger partial charge in [-0.15, -0.1) is 0 Å². The molecule has 7 heteroatoms. The molecule has 3 rings (SSSR count). The van der Waals surface area contributed by atoms with Crippen molar-refractivity contribution < 1.29 is 15.3 Å².